The van der Waals surface area contributed by atoms with E-state index >= 15 is 0 Å². The summed E-state index contributed by atoms with van der Waals surface area (Å²) in [5.41, 5.74) is 1.54. The molecule has 1 aromatic heterocycles. The van der Waals surface area contributed by atoms with Gasteiger partial charge in [-0.2, -0.15) is 0 Å². The Hall–Kier alpha value is -2.36. The fourth-order valence-electron chi connectivity index (χ4n) is 1.62. The van der Waals surface area contributed by atoms with Gasteiger partial charge in [0.05, 0.1) is 0 Å². The van der Waals surface area contributed by atoms with Crippen molar-refractivity contribution in [3.05, 3.63) is 59.9 Å². The second-order valence-corrected chi connectivity index (χ2v) is 3.92. The zero-order valence-corrected chi connectivity index (χ0v) is 9.84. The van der Waals surface area contributed by atoms with Gasteiger partial charge < -0.3 is 10.4 Å². The van der Waals surface area contributed by atoms with Crippen LogP contribution in [0.5, 0.6) is 5.75 Å². The molecule has 0 atom stereocenters. The third-order valence-electron chi connectivity index (χ3n) is 2.53. The van der Waals surface area contributed by atoms with E-state index in [1.807, 2.05) is 12.1 Å². The van der Waals surface area contributed by atoms with Crippen molar-refractivity contribution >= 4 is 5.91 Å². The molecular formula is C14H14N2O2. The number of hydrogen-bond donors (Lipinski definition) is 2. The van der Waals surface area contributed by atoms with Gasteiger partial charge in [0.1, 0.15) is 5.75 Å². The van der Waals surface area contributed by atoms with Gasteiger partial charge >= 0.3 is 0 Å². The molecule has 2 rings (SSSR count). The minimum atomic E-state index is -0.185. The van der Waals surface area contributed by atoms with E-state index in [9.17, 15) is 9.90 Å². The quantitative estimate of drug-likeness (QED) is 0.858. The lowest BCUT2D eigenvalue weighted by atomic mass is 10.2. The molecule has 0 aliphatic carbocycles. The molecule has 0 unspecified atom stereocenters. The highest BCUT2D eigenvalue weighted by Gasteiger charge is 2.05. The predicted molar refractivity (Wildman–Crippen MR) is 68.4 cm³/mol. The first-order valence-electron chi connectivity index (χ1n) is 5.72. The van der Waals surface area contributed by atoms with Crippen molar-refractivity contribution < 1.29 is 9.90 Å². The summed E-state index contributed by atoms with van der Waals surface area (Å²) >= 11 is 0. The predicted octanol–water partition coefficient (Wildman–Crippen LogP) is 1.76. The molecule has 4 heteroatoms. The zero-order valence-electron chi connectivity index (χ0n) is 9.84. The highest BCUT2D eigenvalue weighted by molar-refractivity contribution is 5.94. The average Bonchev–Trinajstić information content (AvgIpc) is 2.40. The first kappa shape index (κ1) is 12.1. The SMILES string of the molecule is O=C(NCCc1cccnc1)c1cccc(O)c1. The van der Waals surface area contributed by atoms with Crippen molar-refractivity contribution in [1.82, 2.24) is 10.3 Å². The van der Waals surface area contributed by atoms with Crippen molar-refractivity contribution in [1.29, 1.82) is 0 Å². The van der Waals surface area contributed by atoms with Gasteiger partial charge in [0, 0.05) is 24.5 Å². The number of carbonyl (C=O) groups excluding carboxylic acids is 1. The fraction of sp³-hybridized carbons (Fsp3) is 0.143. The van der Waals surface area contributed by atoms with Crippen molar-refractivity contribution in [2.75, 3.05) is 6.54 Å². The third-order valence-corrected chi connectivity index (χ3v) is 2.53. The van der Waals surface area contributed by atoms with E-state index in [0.29, 0.717) is 12.1 Å². The lowest BCUT2D eigenvalue weighted by Gasteiger charge is -2.05. The summed E-state index contributed by atoms with van der Waals surface area (Å²) in [5.74, 6) is -0.0929. The molecular weight excluding hydrogens is 228 g/mol. The molecule has 92 valence electrons. The van der Waals surface area contributed by atoms with Gasteiger partial charge in [-0.1, -0.05) is 12.1 Å². The largest absolute Gasteiger partial charge is 0.508 e. The van der Waals surface area contributed by atoms with Crippen molar-refractivity contribution in [3.63, 3.8) is 0 Å². The molecule has 1 heterocycles. The van der Waals surface area contributed by atoms with E-state index in [1.165, 1.54) is 12.1 Å². The van der Waals surface area contributed by atoms with Crippen LogP contribution in [0.15, 0.2) is 48.8 Å². The lowest BCUT2D eigenvalue weighted by molar-refractivity contribution is 0.0953. The van der Waals surface area contributed by atoms with E-state index in [1.54, 1.807) is 24.5 Å². The van der Waals surface area contributed by atoms with E-state index in [0.717, 1.165) is 12.0 Å². The number of aromatic nitrogens is 1. The molecule has 0 aliphatic rings. The molecule has 18 heavy (non-hydrogen) atoms. The van der Waals surface area contributed by atoms with Crippen LogP contribution in [0.3, 0.4) is 0 Å². The topological polar surface area (TPSA) is 62.2 Å². The average molecular weight is 242 g/mol. The highest BCUT2D eigenvalue weighted by atomic mass is 16.3. The number of amides is 1. The van der Waals surface area contributed by atoms with E-state index in [2.05, 4.69) is 10.3 Å². The molecule has 0 fully saturated rings. The summed E-state index contributed by atoms with van der Waals surface area (Å²) in [6.07, 6.45) is 4.23. The number of benzene rings is 1. The maximum atomic E-state index is 11.7. The Morgan fingerprint density at radius 2 is 2.17 bits per heavy atom. The maximum absolute atomic E-state index is 11.7. The third kappa shape index (κ3) is 3.31. The standard InChI is InChI=1S/C14H14N2O2/c17-13-5-1-4-12(9-13)14(18)16-8-6-11-3-2-7-15-10-11/h1-5,7,9-10,17H,6,8H2,(H,16,18). The number of aromatic hydroxyl groups is 1. The van der Waals surface area contributed by atoms with Crippen molar-refractivity contribution in [3.8, 4) is 5.75 Å². The van der Waals surface area contributed by atoms with Crippen LogP contribution < -0.4 is 5.32 Å². The number of hydrogen-bond acceptors (Lipinski definition) is 3. The van der Waals surface area contributed by atoms with Gasteiger partial charge in [-0.05, 0) is 36.2 Å². The number of nitrogens with one attached hydrogen (secondary N) is 1. The fourth-order valence-corrected chi connectivity index (χ4v) is 1.62. The second kappa shape index (κ2) is 5.82. The molecule has 1 amide bonds. The number of phenolic OH excluding ortho intramolecular Hbond substituents is 1. The van der Waals surface area contributed by atoms with Crippen LogP contribution in [0.2, 0.25) is 0 Å². The van der Waals surface area contributed by atoms with Crippen LogP contribution in [-0.4, -0.2) is 22.5 Å². The summed E-state index contributed by atoms with van der Waals surface area (Å²) in [6, 6.07) is 10.1. The lowest BCUT2D eigenvalue weighted by Crippen LogP contribution is -2.25. The Morgan fingerprint density at radius 3 is 2.89 bits per heavy atom. The van der Waals surface area contributed by atoms with Crippen LogP contribution in [0.1, 0.15) is 15.9 Å². The monoisotopic (exact) mass is 242 g/mol. The molecule has 2 N–H and O–H groups in total. The van der Waals surface area contributed by atoms with Gasteiger partial charge in [-0.3, -0.25) is 9.78 Å². The Balaban J connectivity index is 1.86. The van der Waals surface area contributed by atoms with Crippen LogP contribution >= 0.6 is 0 Å². The minimum Gasteiger partial charge on any atom is -0.508 e. The summed E-state index contributed by atoms with van der Waals surface area (Å²) in [5, 5.41) is 12.1. The van der Waals surface area contributed by atoms with Gasteiger partial charge in [-0.15, -0.1) is 0 Å². The highest BCUT2D eigenvalue weighted by Crippen LogP contribution is 2.10. The van der Waals surface area contributed by atoms with Gasteiger partial charge in [0.15, 0.2) is 0 Å². The number of carbonyl (C=O) groups is 1. The van der Waals surface area contributed by atoms with Crippen molar-refractivity contribution in [2.24, 2.45) is 0 Å². The number of pyridine rings is 1. The molecule has 2 aromatic rings. The van der Waals surface area contributed by atoms with E-state index in [-0.39, 0.29) is 11.7 Å². The van der Waals surface area contributed by atoms with Crippen LogP contribution in [0.4, 0.5) is 0 Å². The molecule has 1 aromatic carbocycles. The van der Waals surface area contributed by atoms with Gasteiger partial charge in [0.2, 0.25) is 0 Å². The zero-order chi connectivity index (χ0) is 12.8. The summed E-state index contributed by atoms with van der Waals surface area (Å²) < 4.78 is 0. The summed E-state index contributed by atoms with van der Waals surface area (Å²) in [7, 11) is 0. The Bertz CT molecular complexity index is 526. The van der Waals surface area contributed by atoms with Crippen LogP contribution in [0.25, 0.3) is 0 Å². The first-order chi connectivity index (χ1) is 8.75. The number of rotatable bonds is 4. The molecule has 0 saturated carbocycles. The number of nitrogens with zero attached hydrogens (tertiary/aromatic N) is 1. The van der Waals surface area contributed by atoms with Gasteiger partial charge in [0.25, 0.3) is 5.91 Å². The normalized spacial score (nSPS) is 10.0. The Kier molecular flexibility index (Phi) is 3.91. The van der Waals surface area contributed by atoms with Gasteiger partial charge in [-0.25, -0.2) is 0 Å². The first-order valence-corrected chi connectivity index (χ1v) is 5.72. The van der Waals surface area contributed by atoms with Crippen molar-refractivity contribution in [2.45, 2.75) is 6.42 Å². The van der Waals surface area contributed by atoms with Crippen LogP contribution in [-0.2, 0) is 6.42 Å². The second-order valence-electron chi connectivity index (χ2n) is 3.92. The Morgan fingerprint density at radius 1 is 1.28 bits per heavy atom. The summed E-state index contributed by atoms with van der Waals surface area (Å²) in [6.45, 7) is 0.542. The molecule has 0 spiro atoms. The van der Waals surface area contributed by atoms with E-state index in [4.69, 9.17) is 0 Å². The van der Waals surface area contributed by atoms with E-state index < -0.39 is 0 Å². The van der Waals surface area contributed by atoms with Crippen LogP contribution in [0, 0.1) is 0 Å². The molecule has 0 aliphatic heterocycles. The molecule has 0 bridgehead atoms. The molecule has 0 radical (unpaired) electrons. The number of phenols is 1. The smallest absolute Gasteiger partial charge is 0.251 e. The molecule has 4 nitrogen and oxygen atoms in total. The molecule has 0 saturated heterocycles. The maximum Gasteiger partial charge on any atom is 0.251 e. The minimum absolute atomic E-state index is 0.0925. The summed E-state index contributed by atoms with van der Waals surface area (Å²) in [4.78, 5) is 15.8. The Labute approximate surface area is 105 Å².